The van der Waals surface area contributed by atoms with Crippen molar-refractivity contribution in [3.05, 3.63) is 18.2 Å². The van der Waals surface area contributed by atoms with Gasteiger partial charge in [0.25, 0.3) is 0 Å². The molecule has 0 fully saturated rings. The third-order valence-corrected chi connectivity index (χ3v) is 2.11. The summed E-state index contributed by atoms with van der Waals surface area (Å²) in [5.41, 5.74) is -0.717. The topological polar surface area (TPSA) is 67.9 Å². The Morgan fingerprint density at radius 1 is 1.41 bits per heavy atom. The summed E-state index contributed by atoms with van der Waals surface area (Å²) < 4.78 is 6.43. The molecule has 1 rings (SSSR count). The summed E-state index contributed by atoms with van der Waals surface area (Å²) in [5.74, 6) is 0. The molecular formula is C12H17N3O2. The first-order valence-electron chi connectivity index (χ1n) is 5.35. The van der Waals surface area contributed by atoms with E-state index in [1.807, 2.05) is 0 Å². The smallest absolute Gasteiger partial charge is 0.419 e. The monoisotopic (exact) mass is 235 g/mol. The Morgan fingerprint density at radius 3 is 2.47 bits per heavy atom. The molecule has 0 bridgehead atoms. The van der Waals surface area contributed by atoms with E-state index in [0.29, 0.717) is 5.69 Å². The van der Waals surface area contributed by atoms with Gasteiger partial charge in [0.1, 0.15) is 11.9 Å². The molecule has 1 aromatic heterocycles. The van der Waals surface area contributed by atoms with E-state index in [9.17, 15) is 4.79 Å². The van der Waals surface area contributed by atoms with Crippen LogP contribution in [0.1, 0.15) is 40.3 Å². The average Bonchev–Trinajstić information content (AvgIpc) is 2.64. The van der Waals surface area contributed by atoms with Crippen LogP contribution in [0.5, 0.6) is 0 Å². The maximum absolute atomic E-state index is 11.7. The Kier molecular flexibility index (Phi) is 3.28. The zero-order valence-corrected chi connectivity index (χ0v) is 10.8. The van der Waals surface area contributed by atoms with Gasteiger partial charge >= 0.3 is 6.09 Å². The van der Waals surface area contributed by atoms with Gasteiger partial charge in [-0.05, 0) is 34.6 Å². The molecule has 0 radical (unpaired) electrons. The van der Waals surface area contributed by atoms with Gasteiger partial charge < -0.3 is 4.74 Å². The van der Waals surface area contributed by atoms with Gasteiger partial charge in [-0.2, -0.15) is 5.26 Å². The molecule has 0 unspecified atom stereocenters. The molecular weight excluding hydrogens is 218 g/mol. The highest BCUT2D eigenvalue weighted by Crippen LogP contribution is 2.20. The molecule has 0 spiro atoms. The zero-order valence-electron chi connectivity index (χ0n) is 10.8. The molecule has 92 valence electrons. The third-order valence-electron chi connectivity index (χ3n) is 2.11. The van der Waals surface area contributed by atoms with Gasteiger partial charge in [-0.15, -0.1) is 0 Å². The largest absolute Gasteiger partial charge is 0.443 e. The Hall–Kier alpha value is -1.83. The SMILES string of the molecule is CC(C)(C)OC(=O)n1cnc(C(C)(C)C#N)c1. The van der Waals surface area contributed by atoms with E-state index in [1.165, 1.54) is 17.1 Å². The molecule has 0 saturated heterocycles. The van der Waals surface area contributed by atoms with E-state index in [0.717, 1.165) is 0 Å². The van der Waals surface area contributed by atoms with Gasteiger partial charge in [-0.3, -0.25) is 0 Å². The van der Waals surface area contributed by atoms with Gasteiger partial charge in [0.15, 0.2) is 0 Å². The minimum atomic E-state index is -0.715. The van der Waals surface area contributed by atoms with Crippen LogP contribution < -0.4 is 0 Å². The lowest BCUT2D eigenvalue weighted by molar-refractivity contribution is 0.0536. The third kappa shape index (κ3) is 3.31. The number of carbonyl (C=O) groups is 1. The lowest BCUT2D eigenvalue weighted by atomic mass is 9.92. The number of aromatic nitrogens is 2. The number of hydrogen-bond acceptors (Lipinski definition) is 4. The maximum Gasteiger partial charge on any atom is 0.419 e. The van der Waals surface area contributed by atoms with Crippen LogP contribution in [0.3, 0.4) is 0 Å². The minimum Gasteiger partial charge on any atom is -0.443 e. The molecule has 1 heterocycles. The van der Waals surface area contributed by atoms with Crippen molar-refractivity contribution in [3.8, 4) is 6.07 Å². The normalized spacial score (nSPS) is 12.0. The Labute approximate surface area is 101 Å². The van der Waals surface area contributed by atoms with Crippen molar-refractivity contribution in [3.63, 3.8) is 0 Å². The van der Waals surface area contributed by atoms with Crippen LogP contribution in [0, 0.1) is 11.3 Å². The molecule has 0 N–H and O–H groups in total. The maximum atomic E-state index is 11.7. The van der Waals surface area contributed by atoms with Crippen LogP contribution >= 0.6 is 0 Å². The second-order valence-electron chi connectivity index (χ2n) is 5.38. The summed E-state index contributed by atoms with van der Waals surface area (Å²) in [7, 11) is 0. The van der Waals surface area contributed by atoms with Gasteiger partial charge in [-0.25, -0.2) is 14.3 Å². The lowest BCUT2D eigenvalue weighted by Crippen LogP contribution is -2.26. The first-order chi connectivity index (χ1) is 7.65. The Morgan fingerprint density at radius 2 is 2.00 bits per heavy atom. The van der Waals surface area contributed by atoms with E-state index in [2.05, 4.69) is 11.1 Å². The van der Waals surface area contributed by atoms with Crippen LogP contribution in [0.2, 0.25) is 0 Å². The standard InChI is InChI=1S/C12H17N3O2/c1-11(2,3)17-10(16)15-6-9(14-8-15)12(4,5)7-13/h6,8H,1-5H3. The number of ether oxygens (including phenoxy) is 1. The van der Waals surface area contributed by atoms with Crippen molar-refractivity contribution in [1.29, 1.82) is 5.26 Å². The molecule has 5 nitrogen and oxygen atoms in total. The molecule has 0 aliphatic carbocycles. The second kappa shape index (κ2) is 4.21. The van der Waals surface area contributed by atoms with Crippen LogP contribution in [-0.4, -0.2) is 21.2 Å². The van der Waals surface area contributed by atoms with Gasteiger partial charge in [0, 0.05) is 6.20 Å². The van der Waals surface area contributed by atoms with Gasteiger partial charge in [0.2, 0.25) is 0 Å². The van der Waals surface area contributed by atoms with Crippen molar-refractivity contribution in [1.82, 2.24) is 9.55 Å². The van der Waals surface area contributed by atoms with E-state index >= 15 is 0 Å². The fraction of sp³-hybridized carbons (Fsp3) is 0.583. The molecule has 0 saturated carbocycles. The summed E-state index contributed by atoms with van der Waals surface area (Å²) in [6.45, 7) is 8.87. The fourth-order valence-corrected chi connectivity index (χ4v) is 1.12. The molecule has 17 heavy (non-hydrogen) atoms. The molecule has 1 aromatic rings. The van der Waals surface area contributed by atoms with Crippen LogP contribution in [0.15, 0.2) is 12.5 Å². The summed E-state index contributed by atoms with van der Waals surface area (Å²) in [4.78, 5) is 15.8. The highest BCUT2D eigenvalue weighted by Gasteiger charge is 2.25. The van der Waals surface area contributed by atoms with Crippen LogP contribution in [0.4, 0.5) is 4.79 Å². The number of carbonyl (C=O) groups excluding carboxylic acids is 1. The van der Waals surface area contributed by atoms with E-state index in [-0.39, 0.29) is 0 Å². The molecule has 0 aliphatic heterocycles. The van der Waals surface area contributed by atoms with E-state index in [4.69, 9.17) is 10.00 Å². The second-order valence-corrected chi connectivity index (χ2v) is 5.38. The van der Waals surface area contributed by atoms with Crippen LogP contribution in [-0.2, 0) is 10.2 Å². The molecule has 0 amide bonds. The number of imidazole rings is 1. The van der Waals surface area contributed by atoms with Crippen LogP contribution in [0.25, 0.3) is 0 Å². The summed E-state index contributed by atoms with van der Waals surface area (Å²) in [6.07, 6.45) is 2.39. The van der Waals surface area contributed by atoms with E-state index in [1.54, 1.807) is 34.6 Å². The molecule has 0 atom stereocenters. The predicted octanol–water partition coefficient (Wildman–Crippen LogP) is 2.47. The Balaban J connectivity index is 2.90. The fourth-order valence-electron chi connectivity index (χ4n) is 1.12. The van der Waals surface area contributed by atoms with Crippen molar-refractivity contribution in [2.24, 2.45) is 0 Å². The van der Waals surface area contributed by atoms with Crippen molar-refractivity contribution >= 4 is 6.09 Å². The number of hydrogen-bond donors (Lipinski definition) is 0. The van der Waals surface area contributed by atoms with E-state index < -0.39 is 17.1 Å². The molecule has 5 heteroatoms. The first kappa shape index (κ1) is 13.2. The first-order valence-corrected chi connectivity index (χ1v) is 5.35. The predicted molar refractivity (Wildman–Crippen MR) is 62.5 cm³/mol. The summed E-state index contributed by atoms with van der Waals surface area (Å²) >= 11 is 0. The van der Waals surface area contributed by atoms with Crippen molar-refractivity contribution in [2.75, 3.05) is 0 Å². The number of rotatable bonds is 1. The molecule has 0 aromatic carbocycles. The number of nitriles is 1. The van der Waals surface area contributed by atoms with Crippen molar-refractivity contribution in [2.45, 2.75) is 45.6 Å². The summed E-state index contributed by atoms with van der Waals surface area (Å²) in [5, 5.41) is 8.97. The quantitative estimate of drug-likeness (QED) is 0.749. The highest BCUT2D eigenvalue weighted by atomic mass is 16.6. The van der Waals surface area contributed by atoms with Crippen molar-refractivity contribution < 1.29 is 9.53 Å². The molecule has 0 aliphatic rings. The minimum absolute atomic E-state index is 0.495. The highest BCUT2D eigenvalue weighted by molar-refractivity contribution is 5.70. The van der Waals surface area contributed by atoms with Gasteiger partial charge in [-0.1, -0.05) is 0 Å². The Bertz CT molecular complexity index is 461. The number of nitrogens with zero attached hydrogens (tertiary/aromatic N) is 3. The zero-order chi connectivity index (χ0) is 13.3. The summed E-state index contributed by atoms with van der Waals surface area (Å²) in [6, 6.07) is 2.13. The average molecular weight is 235 g/mol. The lowest BCUT2D eigenvalue weighted by Gasteiger charge is -2.19. The van der Waals surface area contributed by atoms with Gasteiger partial charge in [0.05, 0.1) is 17.2 Å².